The normalized spacial score (nSPS) is 14.4. The number of carbonyl (C=O) groups excluding carboxylic acids is 1. The molecule has 0 saturated carbocycles. The fourth-order valence-corrected chi connectivity index (χ4v) is 6.19. The highest BCUT2D eigenvalue weighted by atomic mass is 79.9. The topological polar surface area (TPSA) is 90.3 Å². The molecule has 0 spiro atoms. The minimum absolute atomic E-state index is 0.207. The second-order valence-electron chi connectivity index (χ2n) is 10.1. The van der Waals surface area contributed by atoms with Gasteiger partial charge in [-0.25, -0.2) is 4.68 Å². The van der Waals surface area contributed by atoms with Gasteiger partial charge < -0.3 is 20.1 Å². The minimum Gasteiger partial charge on any atom is -0.490 e. The standard InChI is InChI=1S/C31H40BrN5O3S/c1-6-9-11-15-40-28-24(32)18-22(19-25(28)39-8-3)27-26(29(38)34-23-14-12-13-20(4)17-23)21(5)33-30-35-31(36-37(27)30)41-16-10-7-2/h12-14,17-19,27H,6-11,15-16H2,1-5H3,(H,34,38)(H,33,35,36). The van der Waals surface area contributed by atoms with E-state index in [1.54, 1.807) is 11.8 Å². The number of nitrogens with one attached hydrogen (secondary N) is 2. The number of halogens is 1. The van der Waals surface area contributed by atoms with Crippen LogP contribution in [0.2, 0.25) is 0 Å². The van der Waals surface area contributed by atoms with Crippen LogP contribution in [0.15, 0.2) is 57.3 Å². The second kappa shape index (κ2) is 14.8. The molecule has 2 N–H and O–H groups in total. The maximum atomic E-state index is 13.9. The minimum atomic E-state index is -0.534. The third-order valence-corrected chi connectivity index (χ3v) is 8.24. The molecule has 2 aromatic carbocycles. The molecule has 1 aromatic heterocycles. The summed E-state index contributed by atoms with van der Waals surface area (Å²) in [5.41, 5.74) is 3.92. The lowest BCUT2D eigenvalue weighted by molar-refractivity contribution is -0.113. The Labute approximate surface area is 255 Å². The van der Waals surface area contributed by atoms with Crippen molar-refractivity contribution in [2.75, 3.05) is 29.6 Å². The third-order valence-electron chi connectivity index (χ3n) is 6.72. The molecule has 4 rings (SSSR count). The number of aryl methyl sites for hydroxylation is 1. The molecule has 1 aliphatic heterocycles. The largest absolute Gasteiger partial charge is 0.490 e. The summed E-state index contributed by atoms with van der Waals surface area (Å²) in [6.45, 7) is 11.3. The van der Waals surface area contributed by atoms with Crippen LogP contribution in [-0.4, -0.2) is 39.6 Å². The highest BCUT2D eigenvalue weighted by Crippen LogP contribution is 2.43. The number of allylic oxidation sites excluding steroid dienone is 1. The Morgan fingerprint density at radius 3 is 2.63 bits per heavy atom. The highest BCUT2D eigenvalue weighted by Gasteiger charge is 2.35. The molecule has 0 saturated heterocycles. The van der Waals surface area contributed by atoms with Gasteiger partial charge in [-0.05, 0) is 84.9 Å². The Hall–Kier alpha value is -2.98. The average Bonchev–Trinajstić information content (AvgIpc) is 3.33. The average molecular weight is 643 g/mol. The zero-order valence-electron chi connectivity index (χ0n) is 24.6. The molecule has 8 nitrogen and oxygen atoms in total. The molecule has 0 radical (unpaired) electrons. The number of aromatic nitrogens is 3. The molecule has 10 heteroatoms. The van der Waals surface area contributed by atoms with Crippen molar-refractivity contribution < 1.29 is 14.3 Å². The Bertz CT molecular complexity index is 1390. The van der Waals surface area contributed by atoms with Crippen molar-refractivity contribution in [3.63, 3.8) is 0 Å². The third kappa shape index (κ3) is 7.65. The summed E-state index contributed by atoms with van der Waals surface area (Å²) in [6.07, 6.45) is 5.38. The van der Waals surface area contributed by atoms with Gasteiger partial charge in [0.2, 0.25) is 11.1 Å². The Morgan fingerprint density at radius 1 is 1.10 bits per heavy atom. The van der Waals surface area contributed by atoms with E-state index >= 15 is 0 Å². The molecule has 1 aliphatic rings. The van der Waals surface area contributed by atoms with Crippen LogP contribution < -0.4 is 20.1 Å². The van der Waals surface area contributed by atoms with Gasteiger partial charge in [0.15, 0.2) is 11.5 Å². The quantitative estimate of drug-likeness (QED) is 0.136. The maximum Gasteiger partial charge on any atom is 0.255 e. The first-order valence-corrected chi connectivity index (χ1v) is 16.2. The number of benzene rings is 2. The lowest BCUT2D eigenvalue weighted by Gasteiger charge is -2.29. The number of nitrogens with zero attached hydrogens (tertiary/aromatic N) is 3. The Kier molecular flexibility index (Phi) is 11.2. The predicted molar refractivity (Wildman–Crippen MR) is 170 cm³/mol. The number of fused-ring (bicyclic) bond motifs is 1. The molecule has 2 heterocycles. The van der Waals surface area contributed by atoms with Gasteiger partial charge in [-0.2, -0.15) is 4.98 Å². The molecule has 0 fully saturated rings. The van der Waals surface area contributed by atoms with E-state index in [0.717, 1.165) is 64.8 Å². The molecule has 1 unspecified atom stereocenters. The van der Waals surface area contributed by atoms with Gasteiger partial charge in [-0.3, -0.25) is 4.79 Å². The van der Waals surface area contributed by atoms with Gasteiger partial charge in [-0.15, -0.1) is 5.10 Å². The van der Waals surface area contributed by atoms with E-state index in [2.05, 4.69) is 40.4 Å². The summed E-state index contributed by atoms with van der Waals surface area (Å²) < 4.78 is 14.8. The monoisotopic (exact) mass is 641 g/mol. The molecule has 1 amide bonds. The van der Waals surface area contributed by atoms with Crippen molar-refractivity contribution in [3.05, 3.63) is 63.3 Å². The van der Waals surface area contributed by atoms with Crippen molar-refractivity contribution in [1.82, 2.24) is 14.8 Å². The van der Waals surface area contributed by atoms with E-state index < -0.39 is 6.04 Å². The summed E-state index contributed by atoms with van der Waals surface area (Å²) >= 11 is 5.36. The van der Waals surface area contributed by atoms with Crippen molar-refractivity contribution in [2.24, 2.45) is 0 Å². The van der Waals surface area contributed by atoms with Crippen LogP contribution in [0.1, 0.15) is 77.0 Å². The summed E-state index contributed by atoms with van der Waals surface area (Å²) in [5.74, 6) is 2.62. The molecule has 1 atom stereocenters. The van der Waals surface area contributed by atoms with Crippen LogP contribution >= 0.6 is 27.7 Å². The number of rotatable bonds is 14. The molecule has 0 aliphatic carbocycles. The zero-order valence-corrected chi connectivity index (χ0v) is 27.0. The van der Waals surface area contributed by atoms with Gasteiger partial charge >= 0.3 is 0 Å². The first-order valence-electron chi connectivity index (χ1n) is 14.4. The summed E-state index contributed by atoms with van der Waals surface area (Å²) in [5, 5.41) is 12.0. The lowest BCUT2D eigenvalue weighted by Crippen LogP contribution is -2.31. The number of ether oxygens (including phenoxy) is 2. The fraction of sp³-hybridized carbons (Fsp3) is 0.452. The van der Waals surface area contributed by atoms with Crippen molar-refractivity contribution in [1.29, 1.82) is 0 Å². The van der Waals surface area contributed by atoms with E-state index in [4.69, 9.17) is 19.6 Å². The Balaban J connectivity index is 1.77. The second-order valence-corrected chi connectivity index (χ2v) is 12.0. The van der Waals surface area contributed by atoms with E-state index in [0.29, 0.717) is 41.4 Å². The molecular weight excluding hydrogens is 602 g/mol. The number of unbranched alkanes of at least 4 members (excludes halogenated alkanes) is 3. The van der Waals surface area contributed by atoms with Crippen LogP contribution in [0.3, 0.4) is 0 Å². The van der Waals surface area contributed by atoms with Crippen LogP contribution in [0.25, 0.3) is 0 Å². The lowest BCUT2D eigenvalue weighted by atomic mass is 9.94. The van der Waals surface area contributed by atoms with Gasteiger partial charge in [0.05, 0.1) is 23.3 Å². The molecule has 41 heavy (non-hydrogen) atoms. The van der Waals surface area contributed by atoms with Crippen LogP contribution in [0.4, 0.5) is 11.6 Å². The zero-order chi connectivity index (χ0) is 29.4. The van der Waals surface area contributed by atoms with Crippen LogP contribution in [0, 0.1) is 6.92 Å². The molecule has 220 valence electrons. The fourth-order valence-electron chi connectivity index (χ4n) is 4.70. The van der Waals surface area contributed by atoms with E-state index in [1.807, 2.05) is 61.9 Å². The van der Waals surface area contributed by atoms with E-state index in [1.165, 1.54) is 0 Å². The van der Waals surface area contributed by atoms with Gasteiger partial charge in [-0.1, -0.05) is 57.0 Å². The summed E-state index contributed by atoms with van der Waals surface area (Å²) in [6, 6.07) is 11.2. The highest BCUT2D eigenvalue weighted by molar-refractivity contribution is 9.10. The van der Waals surface area contributed by atoms with Gasteiger partial charge in [0.1, 0.15) is 6.04 Å². The number of amides is 1. The number of hydrogen-bond acceptors (Lipinski definition) is 7. The van der Waals surface area contributed by atoms with Crippen molar-refractivity contribution in [3.8, 4) is 11.5 Å². The van der Waals surface area contributed by atoms with Crippen molar-refractivity contribution >= 4 is 45.2 Å². The smallest absolute Gasteiger partial charge is 0.255 e. The van der Waals surface area contributed by atoms with E-state index in [-0.39, 0.29) is 5.91 Å². The van der Waals surface area contributed by atoms with Crippen LogP contribution in [0.5, 0.6) is 11.5 Å². The summed E-state index contributed by atoms with van der Waals surface area (Å²) in [4.78, 5) is 18.7. The number of anilines is 2. The maximum absolute atomic E-state index is 13.9. The number of hydrogen-bond donors (Lipinski definition) is 2. The number of carbonyl (C=O) groups is 1. The van der Waals surface area contributed by atoms with Crippen LogP contribution in [-0.2, 0) is 4.79 Å². The molecular formula is C31H40BrN5O3S. The number of thioether (sulfide) groups is 1. The first kappa shape index (κ1) is 31.0. The van der Waals surface area contributed by atoms with Gasteiger partial charge in [0, 0.05) is 17.1 Å². The SMILES string of the molecule is CCCCCOc1c(Br)cc(C2C(C(=O)Nc3cccc(C)c3)=C(C)Nc3nc(SCCCC)nn32)cc1OCC. The Morgan fingerprint density at radius 2 is 1.90 bits per heavy atom. The predicted octanol–water partition coefficient (Wildman–Crippen LogP) is 8.14. The van der Waals surface area contributed by atoms with E-state index in [9.17, 15) is 4.79 Å². The molecule has 3 aromatic rings. The molecule has 0 bridgehead atoms. The summed E-state index contributed by atoms with van der Waals surface area (Å²) in [7, 11) is 0. The first-order chi connectivity index (χ1) is 19.9. The van der Waals surface area contributed by atoms with Crippen molar-refractivity contribution in [2.45, 2.75) is 77.9 Å². The van der Waals surface area contributed by atoms with Gasteiger partial charge in [0.25, 0.3) is 5.91 Å².